The van der Waals surface area contributed by atoms with Crippen molar-refractivity contribution in [3.63, 3.8) is 0 Å². The van der Waals surface area contributed by atoms with Gasteiger partial charge in [-0.25, -0.2) is 14.6 Å². The van der Waals surface area contributed by atoms with Crippen molar-refractivity contribution in [3.05, 3.63) is 53.2 Å². The highest BCUT2D eigenvalue weighted by molar-refractivity contribution is 6.30. The van der Waals surface area contributed by atoms with Gasteiger partial charge >= 0.3 is 6.18 Å². The highest BCUT2D eigenvalue weighted by Crippen LogP contribution is 2.49. The molecule has 1 saturated carbocycles. The quantitative estimate of drug-likeness (QED) is 0.614. The maximum atomic E-state index is 13.6. The molecule has 11 heteroatoms. The van der Waals surface area contributed by atoms with Crippen LogP contribution in [0.3, 0.4) is 0 Å². The monoisotopic (exact) mass is 434 g/mol. The number of halogens is 4. The van der Waals surface area contributed by atoms with Crippen LogP contribution < -0.4 is 5.73 Å². The molecule has 2 N–H and O–H groups in total. The van der Waals surface area contributed by atoms with E-state index in [4.69, 9.17) is 17.3 Å². The Morgan fingerprint density at radius 1 is 1.27 bits per heavy atom. The zero-order valence-corrected chi connectivity index (χ0v) is 16.0. The van der Waals surface area contributed by atoms with Crippen molar-refractivity contribution in [1.29, 1.82) is 0 Å². The predicted molar refractivity (Wildman–Crippen MR) is 103 cm³/mol. The van der Waals surface area contributed by atoms with E-state index in [0.29, 0.717) is 11.1 Å². The second kappa shape index (κ2) is 7.52. The molecule has 0 bridgehead atoms. The van der Waals surface area contributed by atoms with Crippen LogP contribution in [0.25, 0.3) is 28.8 Å². The van der Waals surface area contributed by atoms with Gasteiger partial charge in [0, 0.05) is 35.8 Å². The van der Waals surface area contributed by atoms with Crippen molar-refractivity contribution in [2.24, 2.45) is 5.73 Å². The lowest BCUT2D eigenvalue weighted by molar-refractivity contribution is -0.141. The molecule has 3 heterocycles. The minimum absolute atomic E-state index is 0.0249. The summed E-state index contributed by atoms with van der Waals surface area (Å²) < 4.78 is 42.0. The van der Waals surface area contributed by atoms with Crippen LogP contribution in [-0.2, 0) is 11.0 Å². The van der Waals surface area contributed by atoms with Crippen LogP contribution >= 0.6 is 11.6 Å². The topological polar surface area (TPSA) is 99.6 Å². The molecular formula is C19H14ClF3N6O. The molecule has 0 atom stereocenters. The Morgan fingerprint density at radius 3 is 2.67 bits per heavy atom. The van der Waals surface area contributed by atoms with Crippen LogP contribution in [0.15, 0.2) is 36.9 Å². The molecule has 3 aromatic heterocycles. The fourth-order valence-corrected chi connectivity index (χ4v) is 3.23. The second-order valence-corrected chi connectivity index (χ2v) is 7.18. The molecule has 4 rings (SSSR count). The van der Waals surface area contributed by atoms with Crippen LogP contribution in [0, 0.1) is 0 Å². The van der Waals surface area contributed by atoms with Crippen molar-refractivity contribution in [2.75, 3.05) is 0 Å². The molecule has 3 aromatic rings. The number of amides is 1. The Morgan fingerprint density at radius 2 is 2.03 bits per heavy atom. The zero-order chi connectivity index (χ0) is 21.5. The fraction of sp³-hybridized carbons (Fsp3) is 0.211. The molecule has 0 spiro atoms. The summed E-state index contributed by atoms with van der Waals surface area (Å²) in [6.45, 7) is 0. The number of pyridine rings is 2. The van der Waals surface area contributed by atoms with Crippen molar-refractivity contribution in [1.82, 2.24) is 24.7 Å². The van der Waals surface area contributed by atoms with Gasteiger partial charge in [0.1, 0.15) is 12.0 Å². The molecule has 1 aliphatic carbocycles. The summed E-state index contributed by atoms with van der Waals surface area (Å²) in [7, 11) is 0. The number of rotatable bonds is 5. The lowest BCUT2D eigenvalue weighted by atomic mass is 9.96. The van der Waals surface area contributed by atoms with Gasteiger partial charge in [0.2, 0.25) is 5.91 Å². The number of carbonyl (C=O) groups excluding carboxylic acids is 1. The molecule has 1 aliphatic rings. The van der Waals surface area contributed by atoms with E-state index in [-0.39, 0.29) is 28.0 Å². The smallest absolute Gasteiger partial charge is 0.366 e. The summed E-state index contributed by atoms with van der Waals surface area (Å²) >= 11 is 6.01. The molecule has 0 unspecified atom stereocenters. The van der Waals surface area contributed by atoms with E-state index in [1.807, 2.05) is 0 Å². The van der Waals surface area contributed by atoms with Gasteiger partial charge in [-0.1, -0.05) is 11.6 Å². The van der Waals surface area contributed by atoms with E-state index >= 15 is 0 Å². The Hall–Kier alpha value is -3.27. The van der Waals surface area contributed by atoms with Crippen molar-refractivity contribution < 1.29 is 18.0 Å². The summed E-state index contributed by atoms with van der Waals surface area (Å²) in [5.41, 5.74) is 5.36. The maximum Gasteiger partial charge on any atom is 0.433 e. The van der Waals surface area contributed by atoms with Gasteiger partial charge in [0.15, 0.2) is 5.82 Å². The van der Waals surface area contributed by atoms with Crippen molar-refractivity contribution in [2.45, 2.75) is 24.9 Å². The van der Waals surface area contributed by atoms with Gasteiger partial charge in [-0.2, -0.15) is 13.2 Å². The molecule has 1 fully saturated rings. The largest absolute Gasteiger partial charge is 0.433 e. The normalized spacial score (nSPS) is 14.4. The minimum Gasteiger partial charge on any atom is -0.366 e. The highest BCUT2D eigenvalue weighted by Gasteiger charge is 2.38. The third kappa shape index (κ3) is 4.18. The van der Waals surface area contributed by atoms with E-state index in [0.717, 1.165) is 25.0 Å². The molecule has 0 aromatic carbocycles. The summed E-state index contributed by atoms with van der Waals surface area (Å²) in [6.07, 6.45) is 3.37. The first-order valence-electron chi connectivity index (χ1n) is 8.84. The molecular weight excluding hydrogens is 421 g/mol. The molecule has 0 radical (unpaired) electrons. The Labute approximate surface area is 173 Å². The third-order valence-electron chi connectivity index (χ3n) is 4.45. The molecule has 154 valence electrons. The SMILES string of the molecule is NC(=O)/C=C/n1cnc(-c2cc(C(F)(F)F)nc(-c3cncc(Cl)c3)c2C2CC2)n1. The van der Waals surface area contributed by atoms with Crippen LogP contribution in [0.4, 0.5) is 13.2 Å². The van der Waals surface area contributed by atoms with Gasteiger partial charge in [-0.3, -0.25) is 9.78 Å². The Kier molecular flexibility index (Phi) is 5.02. The molecule has 1 amide bonds. The first kappa shape index (κ1) is 20.0. The number of aromatic nitrogens is 5. The maximum absolute atomic E-state index is 13.6. The molecule has 7 nitrogen and oxygen atoms in total. The molecule has 30 heavy (non-hydrogen) atoms. The zero-order valence-electron chi connectivity index (χ0n) is 15.3. The number of alkyl halides is 3. The van der Waals surface area contributed by atoms with E-state index in [1.54, 1.807) is 0 Å². The first-order valence-corrected chi connectivity index (χ1v) is 9.22. The number of nitrogens with two attached hydrogens (primary N) is 1. The first-order chi connectivity index (χ1) is 14.2. The lowest BCUT2D eigenvalue weighted by Crippen LogP contribution is -2.11. The van der Waals surface area contributed by atoms with E-state index < -0.39 is 17.8 Å². The van der Waals surface area contributed by atoms with Crippen molar-refractivity contribution >= 4 is 23.7 Å². The van der Waals surface area contributed by atoms with E-state index in [1.165, 1.54) is 35.7 Å². The molecule has 0 saturated heterocycles. The number of primary amides is 1. The second-order valence-electron chi connectivity index (χ2n) is 6.75. The third-order valence-corrected chi connectivity index (χ3v) is 4.66. The van der Waals surface area contributed by atoms with Gasteiger partial charge in [-0.05, 0) is 36.5 Å². The van der Waals surface area contributed by atoms with Crippen LogP contribution in [0.2, 0.25) is 5.02 Å². The summed E-state index contributed by atoms with van der Waals surface area (Å²) in [4.78, 5) is 22.9. The summed E-state index contributed by atoms with van der Waals surface area (Å²) in [5, 5.41) is 4.46. The van der Waals surface area contributed by atoms with Crippen LogP contribution in [0.5, 0.6) is 0 Å². The van der Waals surface area contributed by atoms with Gasteiger partial charge in [0.05, 0.1) is 10.7 Å². The van der Waals surface area contributed by atoms with Crippen LogP contribution in [0.1, 0.15) is 30.0 Å². The highest BCUT2D eigenvalue weighted by atomic mass is 35.5. The average molecular weight is 435 g/mol. The fourth-order valence-electron chi connectivity index (χ4n) is 3.05. The molecule has 0 aliphatic heterocycles. The van der Waals surface area contributed by atoms with Gasteiger partial charge < -0.3 is 5.73 Å². The van der Waals surface area contributed by atoms with E-state index in [2.05, 4.69) is 20.1 Å². The number of hydrogen-bond donors (Lipinski definition) is 1. The number of nitrogens with zero attached hydrogens (tertiary/aromatic N) is 5. The van der Waals surface area contributed by atoms with Gasteiger partial charge in [-0.15, -0.1) is 5.10 Å². The van der Waals surface area contributed by atoms with E-state index in [9.17, 15) is 18.0 Å². The summed E-state index contributed by atoms with van der Waals surface area (Å²) in [6, 6.07) is 2.47. The lowest BCUT2D eigenvalue weighted by Gasteiger charge is -2.16. The van der Waals surface area contributed by atoms with Gasteiger partial charge in [0.25, 0.3) is 0 Å². The predicted octanol–water partition coefficient (Wildman–Crippen LogP) is 3.91. The Bertz CT molecular complexity index is 1150. The average Bonchev–Trinajstić information content (AvgIpc) is 3.41. The number of hydrogen-bond acceptors (Lipinski definition) is 5. The minimum atomic E-state index is -4.67. The van der Waals surface area contributed by atoms with Crippen LogP contribution in [-0.4, -0.2) is 30.6 Å². The Balaban J connectivity index is 1.93. The van der Waals surface area contributed by atoms with Crippen molar-refractivity contribution in [3.8, 4) is 22.6 Å². The summed E-state index contributed by atoms with van der Waals surface area (Å²) in [5.74, 6) is -0.586. The standard InChI is InChI=1S/C19H14ClF3N6O/c20-12-5-11(7-25-8-12)17-16(10-1-2-10)13(6-14(27-17)19(21,22)23)18-26-9-29(28-18)4-3-15(24)30/h3-10H,1-2H2,(H2,24,30)/b4-3+. The number of carbonyl (C=O) groups is 1.